The third kappa shape index (κ3) is 1.37. The average Bonchev–Trinajstić information content (AvgIpc) is 2.45. The predicted molar refractivity (Wildman–Crippen MR) is 53.8 cm³/mol. The van der Waals surface area contributed by atoms with E-state index in [1.807, 2.05) is 0 Å². The Morgan fingerprint density at radius 1 is 1.38 bits per heavy atom. The summed E-state index contributed by atoms with van der Waals surface area (Å²) in [4.78, 5) is 0. The Morgan fingerprint density at radius 2 is 2.15 bits per heavy atom. The first-order chi connectivity index (χ1) is 6.14. The summed E-state index contributed by atoms with van der Waals surface area (Å²) in [5.41, 5.74) is 4.35. The van der Waals surface area contributed by atoms with Gasteiger partial charge in [-0.3, -0.25) is 0 Å². The molecule has 2 rings (SSSR count). The van der Waals surface area contributed by atoms with Gasteiger partial charge in [0.25, 0.3) is 0 Å². The van der Waals surface area contributed by atoms with E-state index in [0.29, 0.717) is 6.61 Å². The quantitative estimate of drug-likeness (QED) is 0.694. The zero-order valence-electron chi connectivity index (χ0n) is 8.30. The first-order valence-corrected chi connectivity index (χ1v) is 4.83. The zero-order valence-corrected chi connectivity index (χ0v) is 8.30. The summed E-state index contributed by atoms with van der Waals surface area (Å²) >= 11 is 0. The summed E-state index contributed by atoms with van der Waals surface area (Å²) in [6.45, 7) is 4.61. The van der Waals surface area contributed by atoms with E-state index < -0.39 is 0 Å². The molecule has 0 unspecified atom stereocenters. The molecule has 1 aliphatic carbocycles. The normalized spacial score (nSPS) is 26.1. The number of hydrogen-bond donors (Lipinski definition) is 1. The molecule has 0 radical (unpaired) electrons. The van der Waals surface area contributed by atoms with Gasteiger partial charge in [0.1, 0.15) is 0 Å². The van der Waals surface area contributed by atoms with Crippen molar-refractivity contribution in [2.24, 2.45) is 5.41 Å². The van der Waals surface area contributed by atoms with E-state index in [2.05, 4.69) is 32.0 Å². The van der Waals surface area contributed by atoms with Crippen LogP contribution in [0.4, 0.5) is 0 Å². The highest BCUT2D eigenvalue weighted by molar-refractivity contribution is 5.39. The molecule has 1 atom stereocenters. The van der Waals surface area contributed by atoms with E-state index in [1.165, 1.54) is 16.7 Å². The van der Waals surface area contributed by atoms with E-state index in [9.17, 15) is 5.11 Å². The van der Waals surface area contributed by atoms with E-state index in [1.54, 1.807) is 0 Å². The lowest BCUT2D eigenvalue weighted by Crippen LogP contribution is -2.21. The predicted octanol–water partition coefficient (Wildman–Crippen LogP) is 2.09. The fraction of sp³-hybridized carbons (Fsp3) is 0.500. The highest BCUT2D eigenvalue weighted by Crippen LogP contribution is 2.37. The van der Waals surface area contributed by atoms with Crippen molar-refractivity contribution in [3.63, 3.8) is 0 Å². The van der Waals surface area contributed by atoms with Crippen molar-refractivity contribution in [2.75, 3.05) is 6.61 Å². The standard InChI is InChI=1S/C12H16O/c1-9-4-3-5-10-6-12(2,8-13)7-11(9)10/h3-5,13H,6-8H2,1-2H3/t12-/m0/s1. The van der Waals surface area contributed by atoms with Crippen molar-refractivity contribution >= 4 is 0 Å². The van der Waals surface area contributed by atoms with Crippen molar-refractivity contribution in [1.29, 1.82) is 0 Å². The molecule has 0 bridgehead atoms. The molecule has 1 heteroatoms. The first kappa shape index (κ1) is 8.76. The van der Waals surface area contributed by atoms with Gasteiger partial charge in [0.15, 0.2) is 0 Å². The number of benzene rings is 1. The van der Waals surface area contributed by atoms with Crippen LogP contribution >= 0.6 is 0 Å². The van der Waals surface area contributed by atoms with E-state index in [-0.39, 0.29) is 5.41 Å². The fourth-order valence-electron chi connectivity index (χ4n) is 2.24. The van der Waals surface area contributed by atoms with Gasteiger partial charge in [0.2, 0.25) is 0 Å². The maximum Gasteiger partial charge on any atom is 0.0491 e. The topological polar surface area (TPSA) is 20.2 Å². The van der Waals surface area contributed by atoms with Gasteiger partial charge in [-0.25, -0.2) is 0 Å². The van der Waals surface area contributed by atoms with Crippen LogP contribution in [0.25, 0.3) is 0 Å². The first-order valence-electron chi connectivity index (χ1n) is 4.83. The van der Waals surface area contributed by atoms with Gasteiger partial charge in [0.05, 0.1) is 0 Å². The average molecular weight is 176 g/mol. The van der Waals surface area contributed by atoms with Crippen LogP contribution < -0.4 is 0 Å². The molecule has 1 aromatic carbocycles. The van der Waals surface area contributed by atoms with E-state index >= 15 is 0 Å². The SMILES string of the molecule is Cc1cccc2c1C[C@@](C)(CO)C2. The summed E-state index contributed by atoms with van der Waals surface area (Å²) in [5.74, 6) is 0. The Hall–Kier alpha value is -0.820. The van der Waals surface area contributed by atoms with Crippen molar-refractivity contribution in [2.45, 2.75) is 26.7 Å². The molecule has 1 N–H and O–H groups in total. The summed E-state index contributed by atoms with van der Waals surface area (Å²) in [5, 5.41) is 9.29. The minimum atomic E-state index is 0.0917. The van der Waals surface area contributed by atoms with Gasteiger partial charge in [-0.1, -0.05) is 25.1 Å². The second kappa shape index (κ2) is 2.85. The number of aryl methyl sites for hydroxylation is 1. The molecule has 0 saturated carbocycles. The van der Waals surface area contributed by atoms with Crippen LogP contribution in [0.1, 0.15) is 23.6 Å². The monoisotopic (exact) mass is 176 g/mol. The van der Waals surface area contributed by atoms with Crippen LogP contribution in [-0.2, 0) is 12.8 Å². The van der Waals surface area contributed by atoms with Crippen molar-refractivity contribution in [3.8, 4) is 0 Å². The second-order valence-corrected chi connectivity index (χ2v) is 4.53. The van der Waals surface area contributed by atoms with Gasteiger partial charge in [-0.05, 0) is 41.9 Å². The molecule has 0 amide bonds. The van der Waals surface area contributed by atoms with Crippen LogP contribution in [0.2, 0.25) is 0 Å². The molecule has 70 valence electrons. The van der Waals surface area contributed by atoms with Crippen LogP contribution in [-0.4, -0.2) is 11.7 Å². The Balaban J connectivity index is 2.40. The number of fused-ring (bicyclic) bond motifs is 1. The van der Waals surface area contributed by atoms with Gasteiger partial charge < -0.3 is 5.11 Å². The Kier molecular flexibility index (Phi) is 1.92. The van der Waals surface area contributed by atoms with Crippen LogP contribution in [0.3, 0.4) is 0 Å². The van der Waals surface area contributed by atoms with E-state index in [4.69, 9.17) is 0 Å². The molecule has 0 fully saturated rings. The second-order valence-electron chi connectivity index (χ2n) is 4.53. The minimum Gasteiger partial charge on any atom is -0.396 e. The Bertz CT molecular complexity index is 330. The third-order valence-electron chi connectivity index (χ3n) is 3.11. The van der Waals surface area contributed by atoms with Crippen LogP contribution in [0, 0.1) is 12.3 Å². The highest BCUT2D eigenvalue weighted by Gasteiger charge is 2.32. The maximum atomic E-state index is 9.29. The lowest BCUT2D eigenvalue weighted by atomic mass is 9.88. The smallest absolute Gasteiger partial charge is 0.0491 e. The molecular formula is C12H16O. The molecule has 0 aromatic heterocycles. The van der Waals surface area contributed by atoms with E-state index in [0.717, 1.165) is 12.8 Å². The molecule has 1 aliphatic rings. The summed E-state index contributed by atoms with van der Waals surface area (Å²) in [6, 6.07) is 6.45. The number of aliphatic hydroxyl groups excluding tert-OH is 1. The van der Waals surface area contributed by atoms with Crippen molar-refractivity contribution in [3.05, 3.63) is 34.9 Å². The third-order valence-corrected chi connectivity index (χ3v) is 3.11. The molecule has 0 heterocycles. The van der Waals surface area contributed by atoms with Crippen LogP contribution in [0.5, 0.6) is 0 Å². The number of rotatable bonds is 1. The molecule has 0 spiro atoms. The summed E-state index contributed by atoms with van der Waals surface area (Å²) < 4.78 is 0. The van der Waals surface area contributed by atoms with Crippen molar-refractivity contribution in [1.82, 2.24) is 0 Å². The van der Waals surface area contributed by atoms with Gasteiger partial charge >= 0.3 is 0 Å². The van der Waals surface area contributed by atoms with Gasteiger partial charge in [-0.15, -0.1) is 0 Å². The molecule has 1 nitrogen and oxygen atoms in total. The minimum absolute atomic E-state index is 0.0917. The lowest BCUT2D eigenvalue weighted by molar-refractivity contribution is 0.152. The van der Waals surface area contributed by atoms with Crippen molar-refractivity contribution < 1.29 is 5.11 Å². The van der Waals surface area contributed by atoms with Gasteiger partial charge in [0, 0.05) is 6.61 Å². The zero-order chi connectivity index (χ0) is 9.47. The summed E-state index contributed by atoms with van der Waals surface area (Å²) in [7, 11) is 0. The lowest BCUT2D eigenvalue weighted by Gasteiger charge is -2.19. The Morgan fingerprint density at radius 3 is 2.77 bits per heavy atom. The number of hydrogen-bond acceptors (Lipinski definition) is 1. The largest absolute Gasteiger partial charge is 0.396 e. The summed E-state index contributed by atoms with van der Waals surface area (Å²) in [6.07, 6.45) is 2.06. The highest BCUT2D eigenvalue weighted by atomic mass is 16.3. The molecular weight excluding hydrogens is 160 g/mol. The molecule has 0 saturated heterocycles. The number of aliphatic hydroxyl groups is 1. The maximum absolute atomic E-state index is 9.29. The molecule has 1 aromatic rings. The van der Waals surface area contributed by atoms with Crippen LogP contribution in [0.15, 0.2) is 18.2 Å². The molecule has 13 heavy (non-hydrogen) atoms. The fourth-order valence-corrected chi connectivity index (χ4v) is 2.24. The Labute approximate surface area is 79.4 Å². The molecule has 0 aliphatic heterocycles. The van der Waals surface area contributed by atoms with Gasteiger partial charge in [-0.2, -0.15) is 0 Å².